The summed E-state index contributed by atoms with van der Waals surface area (Å²) in [4.78, 5) is 30.6. The number of carbonyl (C=O) groups excluding carboxylic acids is 2. The first-order valence-electron chi connectivity index (χ1n) is 9.58. The molecule has 144 valence electrons. The van der Waals surface area contributed by atoms with E-state index < -0.39 is 6.10 Å². The molecule has 2 amide bonds. The lowest BCUT2D eigenvalue weighted by molar-refractivity contribution is -0.142. The first-order valence-corrected chi connectivity index (χ1v) is 9.58. The smallest absolute Gasteiger partial charge is 0.252 e. The van der Waals surface area contributed by atoms with E-state index in [9.17, 15) is 9.59 Å². The van der Waals surface area contributed by atoms with E-state index in [2.05, 4.69) is 15.5 Å². The van der Waals surface area contributed by atoms with Gasteiger partial charge in [-0.05, 0) is 32.1 Å². The van der Waals surface area contributed by atoms with Crippen molar-refractivity contribution >= 4 is 11.8 Å². The summed E-state index contributed by atoms with van der Waals surface area (Å²) < 4.78 is 10.5. The maximum absolute atomic E-state index is 12.4. The molecule has 1 aromatic rings. The topological polar surface area (TPSA) is 97.6 Å². The van der Waals surface area contributed by atoms with E-state index in [4.69, 9.17) is 9.26 Å². The number of rotatable bonds is 6. The minimum atomic E-state index is -0.402. The molecule has 1 atom stereocenters. The molecule has 0 bridgehead atoms. The van der Waals surface area contributed by atoms with Crippen molar-refractivity contribution in [1.82, 2.24) is 20.4 Å². The van der Waals surface area contributed by atoms with Crippen molar-refractivity contribution in [2.75, 3.05) is 13.7 Å². The molecule has 0 radical (unpaired) electrons. The van der Waals surface area contributed by atoms with Crippen LogP contribution in [-0.2, 0) is 27.3 Å². The molecule has 2 heterocycles. The molecule has 1 unspecified atom stereocenters. The third-order valence-electron chi connectivity index (χ3n) is 5.14. The van der Waals surface area contributed by atoms with Crippen molar-refractivity contribution in [3.8, 4) is 0 Å². The highest BCUT2D eigenvalue weighted by atomic mass is 16.5. The predicted octanol–water partition coefficient (Wildman–Crippen LogP) is 1.59. The van der Waals surface area contributed by atoms with E-state index in [-0.39, 0.29) is 30.8 Å². The maximum atomic E-state index is 12.4. The fourth-order valence-electron chi connectivity index (χ4n) is 3.70. The van der Waals surface area contributed by atoms with Crippen molar-refractivity contribution in [3.05, 3.63) is 11.7 Å². The molecule has 8 nitrogen and oxygen atoms in total. The molecule has 0 spiro atoms. The Morgan fingerprint density at radius 2 is 2.00 bits per heavy atom. The van der Waals surface area contributed by atoms with Crippen LogP contribution >= 0.6 is 0 Å². The molecule has 1 saturated heterocycles. The SMILES string of the molecule is COC1CCCCN(Cc2nc(CC(=O)NC3CCCCC3)no2)C1=O. The van der Waals surface area contributed by atoms with Crippen LogP contribution in [-0.4, -0.2) is 52.7 Å². The molecular weight excluding hydrogens is 336 g/mol. The lowest BCUT2D eigenvalue weighted by Crippen LogP contribution is -2.38. The molecule has 26 heavy (non-hydrogen) atoms. The summed E-state index contributed by atoms with van der Waals surface area (Å²) >= 11 is 0. The normalized spacial score (nSPS) is 22.3. The van der Waals surface area contributed by atoms with E-state index in [1.54, 1.807) is 12.0 Å². The van der Waals surface area contributed by atoms with Crippen molar-refractivity contribution < 1.29 is 18.8 Å². The van der Waals surface area contributed by atoms with Crippen LogP contribution in [0.2, 0.25) is 0 Å². The van der Waals surface area contributed by atoms with E-state index in [1.165, 1.54) is 19.3 Å². The fraction of sp³-hybridized carbons (Fsp3) is 0.778. The van der Waals surface area contributed by atoms with Crippen LogP contribution in [0.3, 0.4) is 0 Å². The van der Waals surface area contributed by atoms with Crippen molar-refractivity contribution in [2.45, 2.75) is 76.5 Å². The molecule has 1 aromatic heterocycles. The van der Waals surface area contributed by atoms with Gasteiger partial charge in [-0.1, -0.05) is 24.4 Å². The van der Waals surface area contributed by atoms with Crippen LogP contribution in [0.4, 0.5) is 0 Å². The predicted molar refractivity (Wildman–Crippen MR) is 93.1 cm³/mol. The molecule has 1 aliphatic carbocycles. The molecule has 1 aliphatic heterocycles. The zero-order chi connectivity index (χ0) is 18.4. The van der Waals surface area contributed by atoms with Gasteiger partial charge in [0.1, 0.15) is 12.6 Å². The van der Waals surface area contributed by atoms with E-state index in [1.807, 2.05) is 0 Å². The highest BCUT2D eigenvalue weighted by molar-refractivity contribution is 5.81. The molecule has 2 aliphatic rings. The molecule has 0 aromatic carbocycles. The number of carbonyl (C=O) groups is 2. The van der Waals surface area contributed by atoms with Crippen LogP contribution in [0.1, 0.15) is 63.1 Å². The van der Waals surface area contributed by atoms with Crippen LogP contribution in [0.15, 0.2) is 4.52 Å². The number of amides is 2. The Hall–Kier alpha value is -1.96. The number of likely N-dealkylation sites (tertiary alicyclic amines) is 1. The number of methoxy groups -OCH3 is 1. The third-order valence-corrected chi connectivity index (χ3v) is 5.14. The molecule has 1 N–H and O–H groups in total. The van der Waals surface area contributed by atoms with Crippen molar-refractivity contribution in [3.63, 3.8) is 0 Å². The van der Waals surface area contributed by atoms with Crippen LogP contribution in [0.25, 0.3) is 0 Å². The first kappa shape index (κ1) is 18.8. The third kappa shape index (κ3) is 5.03. The number of ether oxygens (including phenoxy) is 1. The average molecular weight is 364 g/mol. The molecule has 1 saturated carbocycles. The lowest BCUT2D eigenvalue weighted by atomic mass is 9.95. The quantitative estimate of drug-likeness (QED) is 0.823. The number of nitrogens with one attached hydrogen (secondary N) is 1. The summed E-state index contributed by atoms with van der Waals surface area (Å²) in [5.74, 6) is 0.601. The lowest BCUT2D eigenvalue weighted by Gasteiger charge is -2.22. The van der Waals surface area contributed by atoms with Gasteiger partial charge in [-0.2, -0.15) is 4.98 Å². The Kier molecular flexibility index (Phi) is 6.60. The van der Waals surface area contributed by atoms with E-state index in [0.29, 0.717) is 18.3 Å². The molecule has 8 heteroatoms. The largest absolute Gasteiger partial charge is 0.372 e. The Morgan fingerprint density at radius 3 is 2.77 bits per heavy atom. The summed E-state index contributed by atoms with van der Waals surface area (Å²) in [5.41, 5.74) is 0. The fourth-order valence-corrected chi connectivity index (χ4v) is 3.70. The molecule has 3 rings (SSSR count). The number of aromatic nitrogens is 2. The van der Waals surface area contributed by atoms with Gasteiger partial charge in [-0.25, -0.2) is 0 Å². The van der Waals surface area contributed by atoms with Gasteiger partial charge in [0.05, 0.1) is 6.42 Å². The average Bonchev–Trinajstić information content (AvgIpc) is 2.99. The first-order chi connectivity index (χ1) is 12.7. The van der Waals surface area contributed by atoms with Gasteiger partial charge < -0.3 is 19.5 Å². The zero-order valence-corrected chi connectivity index (χ0v) is 15.4. The Balaban J connectivity index is 1.52. The summed E-state index contributed by atoms with van der Waals surface area (Å²) in [6.07, 6.45) is 8.00. The van der Waals surface area contributed by atoms with Crippen molar-refractivity contribution in [2.24, 2.45) is 0 Å². The molecular formula is C18H28N4O4. The van der Waals surface area contributed by atoms with Crippen LogP contribution in [0.5, 0.6) is 0 Å². The second-order valence-corrected chi connectivity index (χ2v) is 7.16. The summed E-state index contributed by atoms with van der Waals surface area (Å²) in [6, 6.07) is 0.267. The molecule has 2 fully saturated rings. The highest BCUT2D eigenvalue weighted by Crippen LogP contribution is 2.18. The second-order valence-electron chi connectivity index (χ2n) is 7.16. The Bertz CT molecular complexity index is 612. The number of hydrogen-bond acceptors (Lipinski definition) is 6. The highest BCUT2D eigenvalue weighted by Gasteiger charge is 2.28. The van der Waals surface area contributed by atoms with E-state index in [0.717, 1.165) is 32.1 Å². The maximum Gasteiger partial charge on any atom is 0.252 e. The van der Waals surface area contributed by atoms with Gasteiger partial charge in [-0.3, -0.25) is 9.59 Å². The van der Waals surface area contributed by atoms with Gasteiger partial charge in [0.25, 0.3) is 5.91 Å². The van der Waals surface area contributed by atoms with Crippen LogP contribution in [0, 0.1) is 0 Å². The van der Waals surface area contributed by atoms with Gasteiger partial charge in [0.15, 0.2) is 5.82 Å². The Morgan fingerprint density at radius 1 is 1.23 bits per heavy atom. The van der Waals surface area contributed by atoms with Gasteiger partial charge in [0, 0.05) is 19.7 Å². The summed E-state index contributed by atoms with van der Waals surface area (Å²) in [5, 5.41) is 6.93. The van der Waals surface area contributed by atoms with Gasteiger partial charge in [-0.15, -0.1) is 0 Å². The zero-order valence-electron chi connectivity index (χ0n) is 15.4. The van der Waals surface area contributed by atoms with Crippen LogP contribution < -0.4 is 5.32 Å². The number of hydrogen-bond donors (Lipinski definition) is 1. The van der Waals surface area contributed by atoms with Crippen molar-refractivity contribution in [1.29, 1.82) is 0 Å². The minimum Gasteiger partial charge on any atom is -0.372 e. The second kappa shape index (κ2) is 9.12. The van der Waals surface area contributed by atoms with Gasteiger partial charge in [0.2, 0.25) is 11.8 Å². The number of nitrogens with zero attached hydrogens (tertiary/aromatic N) is 3. The minimum absolute atomic E-state index is 0.0419. The Labute approximate surface area is 153 Å². The van der Waals surface area contributed by atoms with Gasteiger partial charge >= 0.3 is 0 Å². The monoisotopic (exact) mass is 364 g/mol. The summed E-state index contributed by atoms with van der Waals surface area (Å²) in [6.45, 7) is 0.911. The summed E-state index contributed by atoms with van der Waals surface area (Å²) in [7, 11) is 1.56. The standard InChI is InChI=1S/C18H28N4O4/c1-25-14-9-5-6-10-22(18(14)24)12-17-20-15(21-26-17)11-16(23)19-13-7-3-2-4-8-13/h13-14H,2-12H2,1H3,(H,19,23). The van der Waals surface area contributed by atoms with E-state index >= 15 is 0 Å².